The van der Waals surface area contributed by atoms with Gasteiger partial charge in [0.2, 0.25) is 5.52 Å². The molecule has 2 aromatic rings. The van der Waals surface area contributed by atoms with Gasteiger partial charge in [0.15, 0.2) is 0 Å². The van der Waals surface area contributed by atoms with Crippen molar-refractivity contribution in [3.05, 3.63) is 40.2 Å². The fourth-order valence-electron chi connectivity index (χ4n) is 2.57. The van der Waals surface area contributed by atoms with Gasteiger partial charge in [-0.3, -0.25) is 4.90 Å². The van der Waals surface area contributed by atoms with Gasteiger partial charge in [0.1, 0.15) is 5.52 Å². The molecule has 1 saturated heterocycles. The van der Waals surface area contributed by atoms with E-state index in [2.05, 4.69) is 10.00 Å². The van der Waals surface area contributed by atoms with E-state index in [9.17, 15) is 10.1 Å². The molecule has 0 amide bonds. The summed E-state index contributed by atoms with van der Waals surface area (Å²) in [5.41, 5.74) is 0.660. The molecule has 1 aliphatic heterocycles. The quantitative estimate of drug-likeness (QED) is 0.769. The molecule has 21 heavy (non-hydrogen) atoms. The van der Waals surface area contributed by atoms with Crippen LogP contribution in [0.25, 0.3) is 11.0 Å². The average molecular weight is 290 g/mol. The summed E-state index contributed by atoms with van der Waals surface area (Å²) in [5.74, 6) is 0.275. The smallest absolute Gasteiger partial charge is 0.367 e. The molecule has 0 N–H and O–H groups in total. The molecule has 0 atom stereocenters. The lowest BCUT2D eigenvalue weighted by Crippen LogP contribution is -2.37. The number of nitrogens with zero attached hydrogens (tertiary/aromatic N) is 4. The second kappa shape index (κ2) is 6.19. The fraction of sp³-hybridized carbons (Fsp3) is 0.500. The van der Waals surface area contributed by atoms with Crippen LogP contribution in [0.3, 0.4) is 0 Å². The van der Waals surface area contributed by atoms with Gasteiger partial charge in [-0.15, -0.1) is 0 Å². The first-order valence-electron chi connectivity index (χ1n) is 7.17. The lowest BCUT2D eigenvalue weighted by Gasteiger charge is -2.26. The zero-order chi connectivity index (χ0) is 14.7. The molecule has 7 heteroatoms. The van der Waals surface area contributed by atoms with E-state index in [0.717, 1.165) is 43.7 Å². The molecule has 1 fully saturated rings. The largest absolute Gasteiger partial charge is 0.772 e. The minimum Gasteiger partial charge on any atom is -0.772 e. The van der Waals surface area contributed by atoms with E-state index in [1.54, 1.807) is 24.3 Å². The highest BCUT2D eigenvalue weighted by Gasteiger charge is 2.17. The van der Waals surface area contributed by atoms with Crippen molar-refractivity contribution in [3.8, 4) is 0 Å². The van der Waals surface area contributed by atoms with E-state index in [4.69, 9.17) is 4.74 Å². The molecule has 1 aliphatic rings. The van der Waals surface area contributed by atoms with Crippen molar-refractivity contribution in [2.75, 3.05) is 32.8 Å². The Morgan fingerprint density at radius 2 is 2.05 bits per heavy atom. The molecule has 0 unspecified atom stereocenters. The molecule has 1 aromatic carbocycles. The van der Waals surface area contributed by atoms with Crippen molar-refractivity contribution < 1.29 is 9.16 Å². The minimum atomic E-state index is 0.275. The summed E-state index contributed by atoms with van der Waals surface area (Å²) in [5, 5.41) is 15.7. The SMILES string of the molecule is O=[n+]1c(CCCN2CCOCC2)nn([O-])c2ccccc21. The summed E-state index contributed by atoms with van der Waals surface area (Å²) in [6, 6.07) is 6.70. The molecular formula is C14H18N4O3. The predicted molar refractivity (Wildman–Crippen MR) is 77.4 cm³/mol. The van der Waals surface area contributed by atoms with Crippen LogP contribution in [0, 0.1) is 10.1 Å². The molecule has 0 spiro atoms. The Labute approximate surface area is 121 Å². The normalized spacial score (nSPS) is 16.4. The van der Waals surface area contributed by atoms with Gasteiger partial charge in [-0.2, -0.15) is 4.85 Å². The van der Waals surface area contributed by atoms with E-state index >= 15 is 0 Å². The van der Waals surface area contributed by atoms with Crippen LogP contribution >= 0.6 is 0 Å². The summed E-state index contributed by atoms with van der Waals surface area (Å²) in [6.45, 7) is 4.25. The van der Waals surface area contributed by atoms with Crippen LogP contribution in [0.4, 0.5) is 0 Å². The Hall–Kier alpha value is -1.99. The average Bonchev–Trinajstić information content (AvgIpc) is 2.53. The number of morpholine rings is 1. The van der Waals surface area contributed by atoms with Crippen LogP contribution in [-0.2, 0) is 11.2 Å². The highest BCUT2D eigenvalue weighted by Crippen LogP contribution is 2.08. The van der Waals surface area contributed by atoms with Crippen molar-refractivity contribution in [2.45, 2.75) is 12.8 Å². The summed E-state index contributed by atoms with van der Waals surface area (Å²) in [7, 11) is 0. The van der Waals surface area contributed by atoms with E-state index in [0.29, 0.717) is 22.3 Å². The molecular weight excluding hydrogens is 272 g/mol. The summed E-state index contributed by atoms with van der Waals surface area (Å²) >= 11 is 0. The van der Waals surface area contributed by atoms with Gasteiger partial charge in [-0.25, -0.2) is 0 Å². The number of benzene rings is 1. The number of fused-ring (bicyclic) bond motifs is 1. The minimum absolute atomic E-state index is 0.275. The number of hydrogen-bond donors (Lipinski definition) is 0. The van der Waals surface area contributed by atoms with Gasteiger partial charge in [-0.1, -0.05) is 17.0 Å². The maximum atomic E-state index is 12.2. The number of aromatic nitrogens is 3. The molecule has 0 saturated carbocycles. The van der Waals surface area contributed by atoms with Crippen molar-refractivity contribution in [1.29, 1.82) is 0 Å². The van der Waals surface area contributed by atoms with Crippen molar-refractivity contribution in [3.63, 3.8) is 0 Å². The summed E-state index contributed by atoms with van der Waals surface area (Å²) in [4.78, 5) is 15.1. The van der Waals surface area contributed by atoms with Gasteiger partial charge in [0, 0.05) is 17.5 Å². The molecule has 3 rings (SSSR count). The van der Waals surface area contributed by atoms with Crippen LogP contribution in [0.1, 0.15) is 12.2 Å². The summed E-state index contributed by atoms with van der Waals surface area (Å²) < 4.78 is 6.06. The van der Waals surface area contributed by atoms with E-state index < -0.39 is 0 Å². The number of para-hydroxylation sites is 2. The standard InChI is InChI=1S/C14H18N4O3/c19-17-12-4-1-2-5-13(12)18(20)15-14(17)6-3-7-16-8-10-21-11-9-16/h1-2,4-5H,3,6-11H2. The van der Waals surface area contributed by atoms with Crippen LogP contribution in [0.2, 0.25) is 0 Å². The molecule has 7 nitrogen and oxygen atoms in total. The maximum Gasteiger partial charge on any atom is 0.367 e. The predicted octanol–water partition coefficient (Wildman–Crippen LogP) is 0.562. The van der Waals surface area contributed by atoms with Gasteiger partial charge in [0.25, 0.3) is 0 Å². The number of hydrogen-bond acceptors (Lipinski definition) is 5. The summed E-state index contributed by atoms with van der Waals surface area (Å²) in [6.07, 6.45) is 1.29. The number of aryl methyl sites for hydroxylation is 1. The molecule has 0 bridgehead atoms. The zero-order valence-corrected chi connectivity index (χ0v) is 11.8. The molecule has 2 heterocycles. The third-order valence-electron chi connectivity index (χ3n) is 3.73. The highest BCUT2D eigenvalue weighted by molar-refractivity contribution is 5.70. The second-order valence-electron chi connectivity index (χ2n) is 5.13. The third kappa shape index (κ3) is 3.03. The zero-order valence-electron chi connectivity index (χ0n) is 11.8. The van der Waals surface area contributed by atoms with Crippen LogP contribution in [0.15, 0.2) is 24.3 Å². The lowest BCUT2D eigenvalue weighted by molar-refractivity contribution is -0.480. The Balaban J connectivity index is 1.72. The first kappa shape index (κ1) is 14.0. The third-order valence-corrected chi connectivity index (χ3v) is 3.73. The Morgan fingerprint density at radius 3 is 2.86 bits per heavy atom. The van der Waals surface area contributed by atoms with Crippen LogP contribution in [-0.4, -0.2) is 47.7 Å². The van der Waals surface area contributed by atoms with Crippen LogP contribution in [0.5, 0.6) is 0 Å². The van der Waals surface area contributed by atoms with Gasteiger partial charge < -0.3 is 9.94 Å². The van der Waals surface area contributed by atoms with Crippen molar-refractivity contribution >= 4 is 11.0 Å². The van der Waals surface area contributed by atoms with E-state index in [1.165, 1.54) is 0 Å². The lowest BCUT2D eigenvalue weighted by atomic mass is 10.2. The first-order valence-corrected chi connectivity index (χ1v) is 7.17. The van der Waals surface area contributed by atoms with Crippen molar-refractivity contribution in [2.24, 2.45) is 0 Å². The van der Waals surface area contributed by atoms with Gasteiger partial charge in [0.05, 0.1) is 24.7 Å². The first-order chi connectivity index (χ1) is 10.3. The maximum absolute atomic E-state index is 12.2. The van der Waals surface area contributed by atoms with Crippen LogP contribution < -0.4 is 4.43 Å². The molecule has 0 aliphatic carbocycles. The molecule has 0 radical (unpaired) electrons. The second-order valence-corrected chi connectivity index (χ2v) is 5.13. The van der Waals surface area contributed by atoms with Gasteiger partial charge >= 0.3 is 5.82 Å². The fourth-order valence-corrected chi connectivity index (χ4v) is 2.57. The topological polar surface area (TPSA) is 76.3 Å². The Morgan fingerprint density at radius 1 is 1.29 bits per heavy atom. The highest BCUT2D eigenvalue weighted by atomic mass is 16.5. The molecule has 1 aromatic heterocycles. The molecule has 112 valence electrons. The monoisotopic (exact) mass is 290 g/mol. The Bertz CT molecular complexity index is 679. The number of rotatable bonds is 4. The van der Waals surface area contributed by atoms with E-state index in [1.807, 2.05) is 0 Å². The van der Waals surface area contributed by atoms with E-state index in [-0.39, 0.29) is 5.82 Å². The van der Waals surface area contributed by atoms with Gasteiger partial charge in [-0.05, 0) is 25.1 Å². The van der Waals surface area contributed by atoms with Crippen molar-refractivity contribution in [1.82, 2.24) is 14.8 Å². The number of ether oxygens (including phenoxy) is 1. The Kier molecular flexibility index (Phi) is 4.12.